The van der Waals surface area contributed by atoms with Crippen molar-refractivity contribution in [2.75, 3.05) is 19.8 Å². The van der Waals surface area contributed by atoms with E-state index in [2.05, 4.69) is 12.2 Å². The molecule has 4 heteroatoms. The molecule has 0 radical (unpaired) electrons. The predicted octanol–water partition coefficient (Wildman–Crippen LogP) is 0.267. The normalized spacial score (nSPS) is 23.0. The Hall–Kier alpha value is -0.610. The fourth-order valence-electron chi connectivity index (χ4n) is 1.50. The molecule has 0 saturated carbocycles. The van der Waals surface area contributed by atoms with Gasteiger partial charge in [-0.1, -0.05) is 6.92 Å². The smallest absolute Gasteiger partial charge is 0.221 e. The van der Waals surface area contributed by atoms with Crippen molar-refractivity contribution in [2.45, 2.75) is 32.2 Å². The largest absolute Gasteiger partial charge is 0.381 e. The molecule has 0 bridgehead atoms. The maximum Gasteiger partial charge on any atom is 0.221 e. The minimum Gasteiger partial charge on any atom is -0.381 e. The maximum absolute atomic E-state index is 10.8. The van der Waals surface area contributed by atoms with Gasteiger partial charge in [0.25, 0.3) is 0 Å². The zero-order valence-corrected chi connectivity index (χ0v) is 9.01. The summed E-state index contributed by atoms with van der Waals surface area (Å²) in [6.07, 6.45) is 2.00. The summed E-state index contributed by atoms with van der Waals surface area (Å²) in [6.45, 7) is 6.27. The van der Waals surface area contributed by atoms with Crippen molar-refractivity contribution in [1.29, 1.82) is 0 Å². The SMILES string of the molecule is CC(CNC1(C)CCOCC1)C(N)=O. The van der Waals surface area contributed by atoms with Gasteiger partial charge in [-0.3, -0.25) is 4.79 Å². The monoisotopic (exact) mass is 200 g/mol. The molecule has 1 aliphatic rings. The fraction of sp³-hybridized carbons (Fsp3) is 0.900. The Bertz CT molecular complexity index is 200. The summed E-state index contributed by atoms with van der Waals surface area (Å²) in [6, 6.07) is 0. The standard InChI is InChI=1S/C10H20N2O2/c1-8(9(11)13)7-12-10(2)3-5-14-6-4-10/h8,12H,3-7H2,1-2H3,(H2,11,13). The Labute approximate surface area is 85.2 Å². The van der Waals surface area contributed by atoms with Crippen molar-refractivity contribution >= 4 is 5.91 Å². The third-order valence-electron chi connectivity index (χ3n) is 2.92. The van der Waals surface area contributed by atoms with Crippen molar-refractivity contribution in [3.63, 3.8) is 0 Å². The van der Waals surface area contributed by atoms with E-state index in [4.69, 9.17) is 10.5 Å². The van der Waals surface area contributed by atoms with E-state index < -0.39 is 0 Å². The number of hydrogen-bond donors (Lipinski definition) is 2. The number of nitrogens with one attached hydrogen (secondary N) is 1. The summed E-state index contributed by atoms with van der Waals surface area (Å²) >= 11 is 0. The van der Waals surface area contributed by atoms with Gasteiger partial charge in [0.15, 0.2) is 0 Å². The number of primary amides is 1. The highest BCUT2D eigenvalue weighted by Gasteiger charge is 2.27. The van der Waals surface area contributed by atoms with Gasteiger partial charge in [0.1, 0.15) is 0 Å². The van der Waals surface area contributed by atoms with Crippen molar-refractivity contribution < 1.29 is 9.53 Å². The molecule has 1 heterocycles. The highest BCUT2D eigenvalue weighted by atomic mass is 16.5. The molecule has 1 unspecified atom stereocenters. The summed E-state index contributed by atoms with van der Waals surface area (Å²) < 4.78 is 5.29. The highest BCUT2D eigenvalue weighted by molar-refractivity contribution is 5.76. The molecule has 1 amide bonds. The molecule has 0 aromatic heterocycles. The summed E-state index contributed by atoms with van der Waals surface area (Å²) in [5, 5.41) is 3.40. The van der Waals surface area contributed by atoms with Gasteiger partial charge >= 0.3 is 0 Å². The van der Waals surface area contributed by atoms with Gasteiger partial charge in [0.2, 0.25) is 5.91 Å². The first kappa shape index (κ1) is 11.5. The van der Waals surface area contributed by atoms with Gasteiger partial charge in [-0.05, 0) is 19.8 Å². The molecule has 0 aliphatic carbocycles. The van der Waals surface area contributed by atoms with Gasteiger partial charge in [0.05, 0.1) is 0 Å². The molecule has 4 nitrogen and oxygen atoms in total. The first-order valence-electron chi connectivity index (χ1n) is 5.16. The number of hydrogen-bond acceptors (Lipinski definition) is 3. The van der Waals surface area contributed by atoms with Crippen molar-refractivity contribution in [1.82, 2.24) is 5.32 Å². The summed E-state index contributed by atoms with van der Waals surface area (Å²) in [5.74, 6) is -0.345. The second-order valence-electron chi connectivity index (χ2n) is 4.36. The molecule has 0 aromatic rings. The number of amides is 1. The van der Waals surface area contributed by atoms with E-state index >= 15 is 0 Å². The van der Waals surface area contributed by atoms with Crippen LogP contribution in [0, 0.1) is 5.92 Å². The zero-order valence-electron chi connectivity index (χ0n) is 9.01. The first-order chi connectivity index (χ1) is 6.53. The summed E-state index contributed by atoms with van der Waals surface area (Å²) in [4.78, 5) is 10.8. The highest BCUT2D eigenvalue weighted by Crippen LogP contribution is 2.19. The molecule has 0 aromatic carbocycles. The van der Waals surface area contributed by atoms with E-state index in [0.29, 0.717) is 6.54 Å². The lowest BCUT2D eigenvalue weighted by Crippen LogP contribution is -2.49. The third-order valence-corrected chi connectivity index (χ3v) is 2.92. The van der Waals surface area contributed by atoms with Crippen LogP contribution in [0.2, 0.25) is 0 Å². The average molecular weight is 200 g/mol. The van der Waals surface area contributed by atoms with Crippen LogP contribution in [0.1, 0.15) is 26.7 Å². The lowest BCUT2D eigenvalue weighted by molar-refractivity contribution is -0.121. The number of carbonyl (C=O) groups excluding carboxylic acids is 1. The van der Waals surface area contributed by atoms with Crippen LogP contribution in [0.15, 0.2) is 0 Å². The van der Waals surface area contributed by atoms with Gasteiger partial charge in [-0.2, -0.15) is 0 Å². The van der Waals surface area contributed by atoms with Crippen molar-refractivity contribution in [3.8, 4) is 0 Å². The zero-order chi connectivity index (χ0) is 10.6. The first-order valence-corrected chi connectivity index (χ1v) is 5.16. The Morgan fingerprint density at radius 2 is 2.14 bits per heavy atom. The van der Waals surface area contributed by atoms with Crippen LogP contribution in [-0.2, 0) is 9.53 Å². The second-order valence-corrected chi connectivity index (χ2v) is 4.36. The third kappa shape index (κ3) is 3.27. The van der Waals surface area contributed by atoms with Crippen LogP contribution in [0.5, 0.6) is 0 Å². The molecule has 1 rings (SSSR count). The topological polar surface area (TPSA) is 64.3 Å². The van der Waals surface area contributed by atoms with E-state index in [-0.39, 0.29) is 17.4 Å². The Kier molecular flexibility index (Phi) is 3.89. The van der Waals surface area contributed by atoms with Crippen LogP contribution in [0.3, 0.4) is 0 Å². The minimum absolute atomic E-state index is 0.102. The molecule has 14 heavy (non-hydrogen) atoms. The quantitative estimate of drug-likeness (QED) is 0.684. The summed E-state index contributed by atoms with van der Waals surface area (Å²) in [7, 11) is 0. The van der Waals surface area contributed by atoms with Crippen molar-refractivity contribution in [2.24, 2.45) is 11.7 Å². The van der Waals surface area contributed by atoms with E-state index in [9.17, 15) is 4.79 Å². The Morgan fingerprint density at radius 3 is 2.64 bits per heavy atom. The van der Waals surface area contributed by atoms with Crippen LogP contribution in [-0.4, -0.2) is 31.2 Å². The molecule has 1 atom stereocenters. The number of carbonyl (C=O) groups is 1. The van der Waals surface area contributed by atoms with Gasteiger partial charge < -0.3 is 15.8 Å². The van der Waals surface area contributed by atoms with Gasteiger partial charge in [-0.25, -0.2) is 0 Å². The number of rotatable bonds is 4. The van der Waals surface area contributed by atoms with E-state index in [1.807, 2.05) is 6.92 Å². The lowest BCUT2D eigenvalue weighted by atomic mass is 9.92. The molecule has 1 aliphatic heterocycles. The van der Waals surface area contributed by atoms with E-state index in [1.54, 1.807) is 0 Å². The van der Waals surface area contributed by atoms with Gasteiger partial charge in [0, 0.05) is 31.2 Å². The predicted molar refractivity (Wildman–Crippen MR) is 54.8 cm³/mol. The molecule has 3 N–H and O–H groups in total. The van der Waals surface area contributed by atoms with Crippen LogP contribution >= 0.6 is 0 Å². The maximum atomic E-state index is 10.8. The molecule has 0 spiro atoms. The number of ether oxygens (including phenoxy) is 1. The van der Waals surface area contributed by atoms with E-state index in [1.165, 1.54) is 0 Å². The average Bonchev–Trinajstić information content (AvgIpc) is 2.15. The summed E-state index contributed by atoms with van der Waals surface area (Å²) in [5.41, 5.74) is 5.30. The Balaban J connectivity index is 2.31. The Morgan fingerprint density at radius 1 is 1.57 bits per heavy atom. The second kappa shape index (κ2) is 4.75. The minimum atomic E-state index is -0.242. The lowest BCUT2D eigenvalue weighted by Gasteiger charge is -2.35. The fourth-order valence-corrected chi connectivity index (χ4v) is 1.50. The molecular weight excluding hydrogens is 180 g/mol. The number of nitrogens with two attached hydrogens (primary N) is 1. The molecule has 1 saturated heterocycles. The van der Waals surface area contributed by atoms with Crippen molar-refractivity contribution in [3.05, 3.63) is 0 Å². The molecule has 82 valence electrons. The van der Waals surface area contributed by atoms with Gasteiger partial charge in [-0.15, -0.1) is 0 Å². The molecule has 1 fully saturated rings. The van der Waals surface area contributed by atoms with Crippen LogP contribution in [0.25, 0.3) is 0 Å². The van der Waals surface area contributed by atoms with Crippen LogP contribution in [0.4, 0.5) is 0 Å². The molecular formula is C10H20N2O2. The van der Waals surface area contributed by atoms with E-state index in [0.717, 1.165) is 26.1 Å². The van der Waals surface area contributed by atoms with Crippen LogP contribution < -0.4 is 11.1 Å².